The molecule has 8 nitrogen and oxygen atoms in total. The summed E-state index contributed by atoms with van der Waals surface area (Å²) in [6.45, 7) is 6.70. The van der Waals surface area contributed by atoms with E-state index in [1.807, 2.05) is 56.0 Å². The number of nitrogens with one attached hydrogen (secondary N) is 1. The lowest BCUT2D eigenvalue weighted by atomic mass is 9.91. The van der Waals surface area contributed by atoms with Crippen LogP contribution in [0.2, 0.25) is 19.6 Å². The molecule has 0 spiro atoms. The molecular weight excluding hydrogens is 584 g/mol. The molecule has 2 aliphatic heterocycles. The lowest BCUT2D eigenvalue weighted by Crippen LogP contribution is -2.58. The normalized spacial score (nSPS) is 16.5. The summed E-state index contributed by atoms with van der Waals surface area (Å²) < 4.78 is 40.7. The highest BCUT2D eigenvalue weighted by Crippen LogP contribution is 2.35. The van der Waals surface area contributed by atoms with Crippen LogP contribution in [0.15, 0.2) is 60.7 Å². The molecule has 2 heterocycles. The number of halogens is 2. The van der Waals surface area contributed by atoms with E-state index in [4.69, 9.17) is 9.47 Å². The van der Waals surface area contributed by atoms with Gasteiger partial charge in [-0.15, -0.1) is 0 Å². The minimum atomic E-state index is -2.31. The topological polar surface area (TPSA) is 88.2 Å². The van der Waals surface area contributed by atoms with Gasteiger partial charge in [0.05, 0.1) is 21.6 Å². The van der Waals surface area contributed by atoms with E-state index < -0.39 is 31.7 Å². The highest BCUT2D eigenvalue weighted by Gasteiger charge is 2.42. The molecule has 0 radical (unpaired) electrons. The molecule has 1 N–H and O–H groups in total. The van der Waals surface area contributed by atoms with Gasteiger partial charge in [0.2, 0.25) is 0 Å². The van der Waals surface area contributed by atoms with Crippen LogP contribution in [0.25, 0.3) is 0 Å². The number of urea groups is 1. The maximum Gasteiger partial charge on any atom is 0.320 e. The molecule has 1 fully saturated rings. The molecule has 11 heteroatoms. The average Bonchev–Trinajstić information content (AvgIpc) is 2.95. The van der Waals surface area contributed by atoms with Gasteiger partial charge >= 0.3 is 12.0 Å². The highest BCUT2D eigenvalue weighted by molar-refractivity contribution is 6.88. The largest absolute Gasteiger partial charge is 0.497 e. The third kappa shape index (κ3) is 6.77. The van der Waals surface area contributed by atoms with Crippen molar-refractivity contribution < 1.29 is 32.6 Å². The minimum Gasteiger partial charge on any atom is -0.497 e. The van der Waals surface area contributed by atoms with Crippen LogP contribution in [0.5, 0.6) is 5.75 Å². The lowest BCUT2D eigenvalue weighted by molar-refractivity contribution is -0.147. The standard InChI is InChI=1S/C33H37F2N3O5Si/c1-42-25-10-11-26-23(15-25)12-13-38(30(26)32(40)36-24-16-27(34)31(28(35)17-24)44(2,3)4)33(41)37-18-22(19-37)14-29(39)43-20-21-8-6-5-7-9-21/h5-11,15-17,22,30H,12-14,18-20H2,1-4H3,(H,36,40)/t30-/m1/s1. The number of fused-ring (bicyclic) bond motifs is 1. The van der Waals surface area contributed by atoms with Crippen molar-refractivity contribution in [2.24, 2.45) is 5.92 Å². The number of amides is 3. The first-order chi connectivity index (χ1) is 20.9. The average molecular weight is 622 g/mol. The Bertz CT molecular complexity index is 1530. The Morgan fingerprint density at radius 1 is 0.977 bits per heavy atom. The molecule has 232 valence electrons. The zero-order valence-electron chi connectivity index (χ0n) is 25.4. The van der Waals surface area contributed by atoms with Crippen LogP contribution in [-0.4, -0.2) is 62.5 Å². The summed E-state index contributed by atoms with van der Waals surface area (Å²) >= 11 is 0. The molecule has 0 aromatic heterocycles. The second kappa shape index (κ2) is 12.8. The molecule has 1 saturated heterocycles. The Balaban J connectivity index is 1.29. The predicted molar refractivity (Wildman–Crippen MR) is 165 cm³/mol. The third-order valence-electron chi connectivity index (χ3n) is 8.06. The third-order valence-corrected chi connectivity index (χ3v) is 10.0. The smallest absolute Gasteiger partial charge is 0.320 e. The summed E-state index contributed by atoms with van der Waals surface area (Å²) in [6, 6.07) is 15.6. The summed E-state index contributed by atoms with van der Waals surface area (Å²) in [4.78, 5) is 42.9. The van der Waals surface area contributed by atoms with E-state index in [9.17, 15) is 23.2 Å². The molecule has 3 amide bonds. The lowest BCUT2D eigenvalue weighted by Gasteiger charge is -2.45. The van der Waals surface area contributed by atoms with Gasteiger partial charge in [-0.2, -0.15) is 0 Å². The Hall–Kier alpha value is -4.25. The number of nitrogens with zero attached hydrogens (tertiary/aromatic N) is 2. The van der Waals surface area contributed by atoms with Crippen molar-refractivity contribution >= 4 is 36.9 Å². The predicted octanol–water partition coefficient (Wildman–Crippen LogP) is 5.24. The van der Waals surface area contributed by atoms with E-state index in [-0.39, 0.29) is 48.4 Å². The fourth-order valence-corrected chi connectivity index (χ4v) is 7.44. The van der Waals surface area contributed by atoms with E-state index in [1.165, 1.54) is 4.90 Å². The quantitative estimate of drug-likeness (QED) is 0.275. The number of anilines is 1. The maximum absolute atomic E-state index is 15.0. The van der Waals surface area contributed by atoms with Crippen molar-refractivity contribution in [2.45, 2.75) is 45.1 Å². The van der Waals surface area contributed by atoms with Crippen molar-refractivity contribution in [3.8, 4) is 5.75 Å². The highest BCUT2D eigenvalue weighted by atomic mass is 28.3. The first-order valence-corrected chi connectivity index (χ1v) is 18.2. The Kier molecular flexibility index (Phi) is 9.05. The first-order valence-electron chi connectivity index (χ1n) is 14.7. The summed E-state index contributed by atoms with van der Waals surface area (Å²) in [5.41, 5.74) is 2.35. The van der Waals surface area contributed by atoms with Gasteiger partial charge in [0.25, 0.3) is 5.91 Å². The Morgan fingerprint density at radius 2 is 1.66 bits per heavy atom. The molecule has 3 aromatic rings. The fraction of sp³-hybridized carbons (Fsp3) is 0.364. The van der Waals surface area contributed by atoms with E-state index in [0.29, 0.717) is 30.8 Å². The Labute approximate surface area is 257 Å². The molecule has 0 saturated carbocycles. The van der Waals surface area contributed by atoms with Gasteiger partial charge in [-0.25, -0.2) is 13.6 Å². The second-order valence-electron chi connectivity index (χ2n) is 12.4. The van der Waals surface area contributed by atoms with Crippen LogP contribution >= 0.6 is 0 Å². The first kappa shape index (κ1) is 31.2. The van der Waals surface area contributed by atoms with E-state index in [1.54, 1.807) is 24.1 Å². The Morgan fingerprint density at radius 3 is 2.30 bits per heavy atom. The molecule has 1 atom stereocenters. The monoisotopic (exact) mass is 621 g/mol. The SMILES string of the molecule is COc1ccc2c(c1)CCN(C(=O)N1CC(CC(=O)OCc3ccccc3)C1)[C@H]2C(=O)Nc1cc(F)c([Si](C)(C)C)c(F)c1. The molecule has 0 unspecified atom stereocenters. The zero-order chi connectivity index (χ0) is 31.6. The molecule has 2 aliphatic rings. The van der Waals surface area contributed by atoms with Crippen molar-refractivity contribution in [2.75, 3.05) is 32.1 Å². The van der Waals surface area contributed by atoms with Crippen LogP contribution in [0.1, 0.15) is 29.2 Å². The molecular formula is C33H37F2N3O5Si. The number of benzene rings is 3. The zero-order valence-corrected chi connectivity index (χ0v) is 26.4. The summed E-state index contributed by atoms with van der Waals surface area (Å²) in [5, 5.41) is 2.72. The van der Waals surface area contributed by atoms with Crippen molar-refractivity contribution in [1.29, 1.82) is 0 Å². The van der Waals surface area contributed by atoms with Crippen LogP contribution in [0.3, 0.4) is 0 Å². The van der Waals surface area contributed by atoms with Crippen LogP contribution < -0.4 is 15.2 Å². The molecule has 0 aliphatic carbocycles. The maximum atomic E-state index is 15.0. The van der Waals surface area contributed by atoms with Crippen LogP contribution in [0, 0.1) is 17.6 Å². The fourth-order valence-electron chi connectivity index (χ4n) is 5.86. The van der Waals surface area contributed by atoms with Crippen LogP contribution in [0.4, 0.5) is 19.3 Å². The number of likely N-dealkylation sites (tertiary alicyclic amines) is 1. The summed E-state index contributed by atoms with van der Waals surface area (Å²) in [7, 11) is -0.758. The molecule has 5 rings (SSSR count). The van der Waals surface area contributed by atoms with Crippen molar-refractivity contribution in [1.82, 2.24) is 9.80 Å². The number of methoxy groups -OCH3 is 1. The number of carbonyl (C=O) groups excluding carboxylic acids is 3. The van der Waals surface area contributed by atoms with Crippen LogP contribution in [-0.2, 0) is 27.4 Å². The summed E-state index contributed by atoms with van der Waals surface area (Å²) in [6.07, 6.45) is 0.688. The van der Waals surface area contributed by atoms with E-state index in [0.717, 1.165) is 23.3 Å². The summed E-state index contributed by atoms with van der Waals surface area (Å²) in [5.74, 6) is -1.73. The van der Waals surface area contributed by atoms with Gasteiger partial charge in [0, 0.05) is 36.4 Å². The van der Waals surface area contributed by atoms with E-state index >= 15 is 0 Å². The number of rotatable bonds is 8. The molecule has 0 bridgehead atoms. The van der Waals surface area contributed by atoms with Gasteiger partial charge in [0.15, 0.2) is 0 Å². The molecule has 44 heavy (non-hydrogen) atoms. The van der Waals surface area contributed by atoms with E-state index in [2.05, 4.69) is 5.32 Å². The van der Waals surface area contributed by atoms with Gasteiger partial charge < -0.3 is 24.6 Å². The van der Waals surface area contributed by atoms with Crippen molar-refractivity contribution in [3.63, 3.8) is 0 Å². The van der Waals surface area contributed by atoms with Gasteiger partial charge in [-0.1, -0.05) is 56.0 Å². The number of ether oxygens (including phenoxy) is 2. The van der Waals surface area contributed by atoms with Gasteiger partial charge in [-0.3, -0.25) is 9.59 Å². The van der Waals surface area contributed by atoms with Crippen molar-refractivity contribution in [3.05, 3.63) is 89.0 Å². The second-order valence-corrected chi connectivity index (χ2v) is 17.4. The molecule has 3 aromatic carbocycles. The van der Waals surface area contributed by atoms with Gasteiger partial charge in [0.1, 0.15) is 30.0 Å². The number of esters is 1. The number of carbonyl (C=O) groups is 3. The van der Waals surface area contributed by atoms with Gasteiger partial charge in [-0.05, 0) is 47.4 Å². The number of hydrogen-bond donors (Lipinski definition) is 1. The minimum absolute atomic E-state index is 0.0157. The number of hydrogen-bond acceptors (Lipinski definition) is 5.